The molecule has 0 saturated carbocycles. The molecule has 1 aliphatic heterocycles. The number of hydrogen-bond donors (Lipinski definition) is 4. The lowest BCUT2D eigenvalue weighted by atomic mass is 9.95. The van der Waals surface area contributed by atoms with Crippen molar-refractivity contribution in [3.63, 3.8) is 0 Å². The highest BCUT2D eigenvalue weighted by Gasteiger charge is 2.43. The van der Waals surface area contributed by atoms with Gasteiger partial charge in [-0.05, 0) is 47.9 Å². The Hall–Kier alpha value is -1.37. The van der Waals surface area contributed by atoms with Gasteiger partial charge < -0.3 is 20.4 Å². The van der Waals surface area contributed by atoms with Gasteiger partial charge in [-0.3, -0.25) is 0 Å². The highest BCUT2D eigenvalue weighted by Crippen LogP contribution is 2.43. The summed E-state index contributed by atoms with van der Waals surface area (Å²) in [6.45, 7) is 1.93. The van der Waals surface area contributed by atoms with Crippen molar-refractivity contribution in [3.05, 3.63) is 70.8 Å². The average molecular weight is 403 g/mol. The molecule has 0 bridgehead atoms. The van der Waals surface area contributed by atoms with Crippen LogP contribution >= 0.6 is 11.8 Å². The van der Waals surface area contributed by atoms with Gasteiger partial charge in [0.15, 0.2) is 0 Å². The predicted molar refractivity (Wildman–Crippen MR) is 114 cm³/mol. The standard InChI is InChI=1S/C23H30O4S/c1-2-15-9-11-16(12-10-15)5-3-6-17-7-4-8-18(13-17)23-22(27)21(26)20(25)19(14-24)28-23/h4,7-13,19-27H,2-3,5-6,14H2,1H3/t19-,20-,21+,22-,23+/m1/s1. The molecule has 0 aromatic heterocycles. The summed E-state index contributed by atoms with van der Waals surface area (Å²) < 4.78 is 0. The Morgan fingerprint density at radius 1 is 0.821 bits per heavy atom. The van der Waals surface area contributed by atoms with Crippen molar-refractivity contribution in [2.75, 3.05) is 6.61 Å². The fourth-order valence-corrected chi connectivity index (χ4v) is 5.15. The maximum absolute atomic E-state index is 10.4. The van der Waals surface area contributed by atoms with Crippen molar-refractivity contribution in [1.82, 2.24) is 0 Å². The Bertz CT molecular complexity index is 747. The first-order valence-electron chi connectivity index (χ1n) is 10.0. The Balaban J connectivity index is 1.63. The zero-order chi connectivity index (χ0) is 20.1. The van der Waals surface area contributed by atoms with Gasteiger partial charge in [-0.15, -0.1) is 11.8 Å². The second kappa shape index (κ2) is 9.90. The summed E-state index contributed by atoms with van der Waals surface area (Å²) in [5, 5.41) is 39.1. The molecule has 3 rings (SSSR count). The van der Waals surface area contributed by atoms with Crippen molar-refractivity contribution in [1.29, 1.82) is 0 Å². The topological polar surface area (TPSA) is 80.9 Å². The Labute approximate surface area is 171 Å². The third kappa shape index (κ3) is 4.97. The normalized spacial score (nSPS) is 27.7. The van der Waals surface area contributed by atoms with Crippen LogP contribution in [0.4, 0.5) is 0 Å². The number of rotatable bonds is 7. The lowest BCUT2D eigenvalue weighted by Crippen LogP contribution is -2.51. The van der Waals surface area contributed by atoms with E-state index < -0.39 is 23.6 Å². The van der Waals surface area contributed by atoms with Crippen LogP contribution in [0.15, 0.2) is 48.5 Å². The molecule has 1 saturated heterocycles. The maximum Gasteiger partial charge on any atom is 0.108 e. The van der Waals surface area contributed by atoms with E-state index in [0.29, 0.717) is 0 Å². The van der Waals surface area contributed by atoms with E-state index in [1.165, 1.54) is 28.5 Å². The van der Waals surface area contributed by atoms with Gasteiger partial charge >= 0.3 is 0 Å². The molecule has 4 N–H and O–H groups in total. The van der Waals surface area contributed by atoms with E-state index in [2.05, 4.69) is 43.3 Å². The van der Waals surface area contributed by atoms with Crippen LogP contribution in [0.3, 0.4) is 0 Å². The van der Waals surface area contributed by atoms with E-state index in [1.807, 2.05) is 12.1 Å². The van der Waals surface area contributed by atoms with Crippen LogP contribution in [0.5, 0.6) is 0 Å². The van der Waals surface area contributed by atoms with Crippen molar-refractivity contribution >= 4 is 11.8 Å². The zero-order valence-corrected chi connectivity index (χ0v) is 17.1. The Morgan fingerprint density at radius 2 is 1.50 bits per heavy atom. The van der Waals surface area contributed by atoms with Gasteiger partial charge in [0.1, 0.15) is 6.10 Å². The quantitative estimate of drug-likeness (QED) is 0.573. The monoisotopic (exact) mass is 402 g/mol. The van der Waals surface area contributed by atoms with E-state index in [0.717, 1.165) is 31.2 Å². The number of hydrogen-bond acceptors (Lipinski definition) is 5. The molecule has 0 radical (unpaired) electrons. The first-order valence-corrected chi connectivity index (χ1v) is 10.9. The SMILES string of the molecule is CCc1ccc(CCCc2cccc([C@@H]3S[C@H](CO)[C@@H](O)[C@H](O)[C@H]3O)c2)cc1. The van der Waals surface area contributed by atoms with Crippen LogP contribution in [0.1, 0.15) is 40.8 Å². The summed E-state index contributed by atoms with van der Waals surface area (Å²) in [4.78, 5) is 0. The highest BCUT2D eigenvalue weighted by molar-refractivity contribution is 8.00. The van der Waals surface area contributed by atoms with Crippen LogP contribution < -0.4 is 0 Å². The van der Waals surface area contributed by atoms with Crippen molar-refractivity contribution in [2.45, 2.75) is 61.4 Å². The molecule has 0 aliphatic carbocycles. The molecular weight excluding hydrogens is 372 g/mol. The summed E-state index contributed by atoms with van der Waals surface area (Å²) in [5.41, 5.74) is 4.81. The fourth-order valence-electron chi connectivity index (χ4n) is 3.74. The maximum atomic E-state index is 10.4. The zero-order valence-electron chi connectivity index (χ0n) is 16.2. The molecule has 4 nitrogen and oxygen atoms in total. The molecule has 2 aromatic carbocycles. The first kappa shape index (κ1) is 21.3. The average Bonchev–Trinajstić information content (AvgIpc) is 2.73. The molecule has 2 aromatic rings. The van der Waals surface area contributed by atoms with E-state index in [4.69, 9.17) is 0 Å². The molecule has 5 heteroatoms. The molecule has 1 fully saturated rings. The highest BCUT2D eigenvalue weighted by atomic mass is 32.2. The predicted octanol–water partition coefficient (Wildman–Crippen LogP) is 2.66. The van der Waals surface area contributed by atoms with E-state index in [1.54, 1.807) is 0 Å². The largest absolute Gasteiger partial charge is 0.395 e. The van der Waals surface area contributed by atoms with Gasteiger partial charge in [0.05, 0.1) is 29.3 Å². The summed E-state index contributed by atoms with van der Waals surface area (Å²) >= 11 is 1.33. The van der Waals surface area contributed by atoms with E-state index >= 15 is 0 Å². The third-order valence-electron chi connectivity index (χ3n) is 5.53. The molecule has 5 atom stereocenters. The molecule has 1 aliphatic rings. The molecule has 28 heavy (non-hydrogen) atoms. The van der Waals surface area contributed by atoms with Gasteiger partial charge in [0.2, 0.25) is 0 Å². The molecule has 1 heterocycles. The van der Waals surface area contributed by atoms with Crippen LogP contribution in [0.2, 0.25) is 0 Å². The van der Waals surface area contributed by atoms with Crippen molar-refractivity contribution < 1.29 is 20.4 Å². The van der Waals surface area contributed by atoms with Crippen molar-refractivity contribution in [2.24, 2.45) is 0 Å². The van der Waals surface area contributed by atoms with Crippen LogP contribution in [-0.4, -0.2) is 50.6 Å². The van der Waals surface area contributed by atoms with Crippen LogP contribution in [0, 0.1) is 0 Å². The molecule has 0 amide bonds. The molecular formula is C23H30O4S. The Morgan fingerprint density at radius 3 is 2.18 bits per heavy atom. The van der Waals surface area contributed by atoms with Crippen LogP contribution in [-0.2, 0) is 19.3 Å². The minimum Gasteiger partial charge on any atom is -0.395 e. The van der Waals surface area contributed by atoms with Gasteiger partial charge in [-0.1, -0.05) is 55.5 Å². The number of aliphatic hydroxyl groups excluding tert-OH is 4. The van der Waals surface area contributed by atoms with Crippen LogP contribution in [0.25, 0.3) is 0 Å². The number of aliphatic hydroxyl groups is 4. The Kier molecular flexibility index (Phi) is 7.55. The van der Waals surface area contributed by atoms with Gasteiger partial charge in [-0.2, -0.15) is 0 Å². The molecule has 0 spiro atoms. The van der Waals surface area contributed by atoms with Gasteiger partial charge in [0.25, 0.3) is 0 Å². The van der Waals surface area contributed by atoms with E-state index in [-0.39, 0.29) is 11.9 Å². The van der Waals surface area contributed by atoms with Gasteiger partial charge in [-0.25, -0.2) is 0 Å². The lowest BCUT2D eigenvalue weighted by molar-refractivity contribution is -0.0700. The number of benzene rings is 2. The first-order chi connectivity index (χ1) is 13.5. The summed E-state index contributed by atoms with van der Waals surface area (Å²) in [6.07, 6.45) is 0.617. The van der Waals surface area contributed by atoms with Crippen molar-refractivity contribution in [3.8, 4) is 0 Å². The number of thioether (sulfide) groups is 1. The molecule has 152 valence electrons. The summed E-state index contributed by atoms with van der Waals surface area (Å²) in [5.74, 6) is 0. The number of aryl methyl sites for hydroxylation is 3. The fraction of sp³-hybridized carbons (Fsp3) is 0.478. The second-order valence-electron chi connectivity index (χ2n) is 7.52. The van der Waals surface area contributed by atoms with Gasteiger partial charge in [0, 0.05) is 0 Å². The summed E-state index contributed by atoms with van der Waals surface area (Å²) in [7, 11) is 0. The third-order valence-corrected chi connectivity index (χ3v) is 7.16. The minimum absolute atomic E-state index is 0.234. The minimum atomic E-state index is -1.25. The second-order valence-corrected chi connectivity index (χ2v) is 8.90. The lowest BCUT2D eigenvalue weighted by Gasteiger charge is -2.39. The summed E-state index contributed by atoms with van der Waals surface area (Å²) in [6, 6.07) is 16.8. The molecule has 0 unspecified atom stereocenters. The smallest absolute Gasteiger partial charge is 0.108 e. The van der Waals surface area contributed by atoms with E-state index in [9.17, 15) is 20.4 Å².